The number of hydrogen-bond acceptors (Lipinski definition) is 8. The van der Waals surface area contributed by atoms with E-state index < -0.39 is 36.4 Å². The molecule has 3 aromatic rings. The van der Waals surface area contributed by atoms with Gasteiger partial charge in [0.15, 0.2) is 23.7 Å². The number of H-pyrrole nitrogens is 1. The molecular formula is C17H17N5O5. The molecule has 0 aliphatic carbocycles. The van der Waals surface area contributed by atoms with Crippen LogP contribution in [0.25, 0.3) is 11.2 Å². The molecule has 2 saturated heterocycles. The van der Waals surface area contributed by atoms with E-state index in [0.29, 0.717) is 0 Å². The molecule has 2 aromatic heterocycles. The predicted molar refractivity (Wildman–Crippen MR) is 92.5 cm³/mol. The van der Waals surface area contributed by atoms with Gasteiger partial charge in [0.05, 0.1) is 12.9 Å². The van der Waals surface area contributed by atoms with Crippen molar-refractivity contribution >= 4 is 17.1 Å². The van der Waals surface area contributed by atoms with Crippen molar-refractivity contribution in [2.45, 2.75) is 30.8 Å². The van der Waals surface area contributed by atoms with Crippen LogP contribution in [-0.4, -0.2) is 49.5 Å². The SMILES string of the molecule is Nc1nc2c(ncn2[C@@H]2O[C@H](CO)[C@@H]3OC(c4ccccc4)OC32)c(=O)[nH]1. The summed E-state index contributed by atoms with van der Waals surface area (Å²) in [4.78, 5) is 22.7. The Morgan fingerprint density at radius 1 is 1.19 bits per heavy atom. The first-order valence-corrected chi connectivity index (χ1v) is 8.50. The standard InChI is InChI=1S/C17H17N5O5/c18-17-20-13-10(14(24)21-17)19-7-22(13)15-12-11(9(6-23)25-15)26-16(27-12)8-4-2-1-3-5-8/h1-5,7,9,11-12,15-16,23H,6H2,(H3,18,20,21,24)/t9-,11+,12?,15-,16?/m1/s1. The number of benzene rings is 1. The topological polar surface area (TPSA) is 138 Å². The van der Waals surface area contributed by atoms with Gasteiger partial charge in [0.25, 0.3) is 5.56 Å². The summed E-state index contributed by atoms with van der Waals surface area (Å²) in [6.07, 6.45) is -1.34. The van der Waals surface area contributed by atoms with Crippen LogP contribution in [-0.2, 0) is 14.2 Å². The normalized spacial score (nSPS) is 30.0. The molecule has 2 unspecified atom stereocenters. The van der Waals surface area contributed by atoms with Crippen LogP contribution in [0.15, 0.2) is 41.5 Å². The van der Waals surface area contributed by atoms with Crippen molar-refractivity contribution < 1.29 is 19.3 Å². The van der Waals surface area contributed by atoms with Crippen molar-refractivity contribution in [3.8, 4) is 0 Å². The number of nitrogens with two attached hydrogens (primary N) is 1. The number of aromatic nitrogens is 4. The average Bonchev–Trinajstić information content (AvgIpc) is 3.35. The molecule has 0 amide bonds. The minimum Gasteiger partial charge on any atom is -0.394 e. The summed E-state index contributed by atoms with van der Waals surface area (Å²) in [7, 11) is 0. The summed E-state index contributed by atoms with van der Waals surface area (Å²) in [5.41, 5.74) is 6.53. The van der Waals surface area contributed by atoms with Gasteiger partial charge in [-0.1, -0.05) is 30.3 Å². The van der Waals surface area contributed by atoms with Crippen LogP contribution in [0.5, 0.6) is 0 Å². The molecule has 0 spiro atoms. The van der Waals surface area contributed by atoms with Gasteiger partial charge in [0.1, 0.15) is 18.3 Å². The second kappa shape index (κ2) is 6.13. The van der Waals surface area contributed by atoms with E-state index in [9.17, 15) is 9.90 Å². The maximum atomic E-state index is 12.0. The maximum absolute atomic E-state index is 12.0. The lowest BCUT2D eigenvalue weighted by Gasteiger charge is -2.20. The highest BCUT2D eigenvalue weighted by atomic mass is 16.8. The number of aromatic amines is 1. The van der Waals surface area contributed by atoms with Crippen molar-refractivity contribution in [2.24, 2.45) is 0 Å². The zero-order valence-corrected chi connectivity index (χ0v) is 14.1. The Morgan fingerprint density at radius 2 is 1.96 bits per heavy atom. The number of hydrogen-bond donors (Lipinski definition) is 3. The number of fused-ring (bicyclic) bond motifs is 2. The quantitative estimate of drug-likeness (QED) is 0.588. The van der Waals surface area contributed by atoms with Crippen LogP contribution in [0.2, 0.25) is 0 Å². The molecule has 5 atom stereocenters. The minimum atomic E-state index is -0.667. The number of rotatable bonds is 3. The second-order valence-corrected chi connectivity index (χ2v) is 6.47. The fourth-order valence-corrected chi connectivity index (χ4v) is 3.60. The summed E-state index contributed by atoms with van der Waals surface area (Å²) in [5, 5.41) is 9.71. The fraction of sp³-hybridized carbons (Fsp3) is 0.353. The number of aliphatic hydroxyl groups is 1. The lowest BCUT2D eigenvalue weighted by molar-refractivity contribution is -0.153. The van der Waals surface area contributed by atoms with Gasteiger partial charge < -0.3 is 25.1 Å². The number of nitrogen functional groups attached to an aromatic ring is 1. The average molecular weight is 371 g/mol. The lowest BCUT2D eigenvalue weighted by atomic mass is 10.1. The summed E-state index contributed by atoms with van der Waals surface area (Å²) in [6.45, 7) is -0.231. The number of aliphatic hydroxyl groups excluding tert-OH is 1. The van der Waals surface area contributed by atoms with E-state index in [4.69, 9.17) is 19.9 Å². The van der Waals surface area contributed by atoms with Crippen LogP contribution >= 0.6 is 0 Å². The van der Waals surface area contributed by atoms with Crippen LogP contribution in [0, 0.1) is 0 Å². The Balaban J connectivity index is 1.53. The molecule has 2 fully saturated rings. The van der Waals surface area contributed by atoms with Gasteiger partial charge in [-0.25, -0.2) is 4.98 Å². The Morgan fingerprint density at radius 3 is 2.74 bits per heavy atom. The van der Waals surface area contributed by atoms with E-state index in [-0.39, 0.29) is 23.7 Å². The van der Waals surface area contributed by atoms with E-state index in [1.807, 2.05) is 30.3 Å². The largest absolute Gasteiger partial charge is 0.394 e. The molecule has 0 radical (unpaired) electrons. The Bertz CT molecular complexity index is 1040. The Hall–Kier alpha value is -2.79. The van der Waals surface area contributed by atoms with Gasteiger partial charge in [0, 0.05) is 5.56 Å². The fourth-order valence-electron chi connectivity index (χ4n) is 3.60. The van der Waals surface area contributed by atoms with E-state index in [1.165, 1.54) is 6.33 Å². The maximum Gasteiger partial charge on any atom is 0.280 e. The highest BCUT2D eigenvalue weighted by molar-refractivity contribution is 5.70. The van der Waals surface area contributed by atoms with E-state index in [0.717, 1.165) is 5.56 Å². The van der Waals surface area contributed by atoms with Gasteiger partial charge in [0.2, 0.25) is 5.95 Å². The van der Waals surface area contributed by atoms with Crippen LogP contribution in [0.3, 0.4) is 0 Å². The number of imidazole rings is 1. The second-order valence-electron chi connectivity index (χ2n) is 6.47. The molecule has 2 aliphatic heterocycles. The Kier molecular flexibility index (Phi) is 3.72. The molecule has 2 aliphatic rings. The first-order chi connectivity index (χ1) is 13.2. The molecular weight excluding hydrogens is 354 g/mol. The number of ether oxygens (including phenoxy) is 3. The van der Waals surface area contributed by atoms with Crippen LogP contribution < -0.4 is 11.3 Å². The molecule has 10 heteroatoms. The number of anilines is 1. The van der Waals surface area contributed by atoms with Crippen molar-refractivity contribution in [2.75, 3.05) is 12.3 Å². The van der Waals surface area contributed by atoms with Crippen molar-refractivity contribution in [1.29, 1.82) is 0 Å². The van der Waals surface area contributed by atoms with Gasteiger partial charge in [-0.2, -0.15) is 4.98 Å². The smallest absolute Gasteiger partial charge is 0.280 e. The van der Waals surface area contributed by atoms with E-state index >= 15 is 0 Å². The first kappa shape index (κ1) is 16.4. The van der Waals surface area contributed by atoms with Crippen LogP contribution in [0.1, 0.15) is 18.1 Å². The van der Waals surface area contributed by atoms with Crippen LogP contribution in [0.4, 0.5) is 5.95 Å². The third-order valence-electron chi connectivity index (χ3n) is 4.82. The molecule has 1 aromatic carbocycles. The molecule has 10 nitrogen and oxygen atoms in total. The van der Waals surface area contributed by atoms with Crippen molar-refractivity contribution in [3.05, 3.63) is 52.6 Å². The molecule has 140 valence electrons. The zero-order chi connectivity index (χ0) is 18.5. The highest BCUT2D eigenvalue weighted by Gasteiger charge is 2.53. The highest BCUT2D eigenvalue weighted by Crippen LogP contribution is 2.44. The summed E-state index contributed by atoms with van der Waals surface area (Å²) in [6, 6.07) is 9.52. The minimum absolute atomic E-state index is 0.0201. The molecule has 0 saturated carbocycles. The van der Waals surface area contributed by atoms with E-state index in [1.54, 1.807) is 4.57 Å². The molecule has 4 N–H and O–H groups in total. The van der Waals surface area contributed by atoms with Gasteiger partial charge in [-0.3, -0.25) is 14.3 Å². The van der Waals surface area contributed by atoms with Gasteiger partial charge in [-0.15, -0.1) is 0 Å². The summed E-state index contributed by atoms with van der Waals surface area (Å²) in [5.74, 6) is -0.0201. The summed E-state index contributed by atoms with van der Waals surface area (Å²) >= 11 is 0. The first-order valence-electron chi connectivity index (χ1n) is 8.50. The van der Waals surface area contributed by atoms with Gasteiger partial charge in [-0.05, 0) is 0 Å². The van der Waals surface area contributed by atoms with Crippen molar-refractivity contribution in [3.63, 3.8) is 0 Å². The van der Waals surface area contributed by atoms with Gasteiger partial charge >= 0.3 is 0 Å². The third-order valence-corrected chi connectivity index (χ3v) is 4.82. The molecule has 5 rings (SSSR count). The van der Waals surface area contributed by atoms with E-state index in [2.05, 4.69) is 15.0 Å². The molecule has 27 heavy (non-hydrogen) atoms. The Labute approximate surface area is 152 Å². The summed E-state index contributed by atoms with van der Waals surface area (Å²) < 4.78 is 19.6. The third kappa shape index (κ3) is 2.53. The molecule has 0 bridgehead atoms. The zero-order valence-electron chi connectivity index (χ0n) is 14.1. The lowest BCUT2D eigenvalue weighted by Crippen LogP contribution is -2.30. The monoisotopic (exact) mass is 371 g/mol. The van der Waals surface area contributed by atoms with Crippen molar-refractivity contribution in [1.82, 2.24) is 19.5 Å². The molecule has 4 heterocycles. The predicted octanol–water partition coefficient (Wildman–Crippen LogP) is 0.0743. The number of nitrogens with zero attached hydrogens (tertiary/aromatic N) is 3. The number of nitrogens with one attached hydrogen (secondary N) is 1.